The van der Waals surface area contributed by atoms with E-state index in [2.05, 4.69) is 31.1 Å². The standard InChI is InChI=1S/C20H32O7SSi/c1-17-7-9-20(10-8-17)28(23,24)27-16-19(22)15-26-12-11-25-14-18(21)6-5-13-29(2,3)4/h7-10,18-19,21-22H,6,11-12,14-16H2,1-4H3/t18-,19-/m1/s1. The van der Waals surface area contributed by atoms with Crippen LogP contribution in [0.4, 0.5) is 0 Å². The van der Waals surface area contributed by atoms with E-state index in [1.807, 2.05) is 6.92 Å². The fraction of sp³-hybridized carbons (Fsp3) is 0.600. The third-order valence-electron chi connectivity index (χ3n) is 3.52. The van der Waals surface area contributed by atoms with Gasteiger partial charge in [-0.3, -0.25) is 4.18 Å². The van der Waals surface area contributed by atoms with Gasteiger partial charge in [0, 0.05) is 6.42 Å². The van der Waals surface area contributed by atoms with Gasteiger partial charge in [-0.2, -0.15) is 8.42 Å². The van der Waals surface area contributed by atoms with Crippen LogP contribution >= 0.6 is 0 Å². The highest BCUT2D eigenvalue weighted by molar-refractivity contribution is 7.86. The van der Waals surface area contributed by atoms with Gasteiger partial charge in [0.1, 0.15) is 14.2 Å². The minimum Gasteiger partial charge on any atom is -0.390 e. The molecule has 1 aromatic carbocycles. The van der Waals surface area contributed by atoms with Crippen molar-refractivity contribution in [1.29, 1.82) is 0 Å². The molecule has 29 heavy (non-hydrogen) atoms. The molecule has 1 rings (SSSR count). The van der Waals surface area contributed by atoms with Crippen molar-refractivity contribution in [2.45, 2.75) is 50.1 Å². The average Bonchev–Trinajstić information content (AvgIpc) is 2.62. The summed E-state index contributed by atoms with van der Waals surface area (Å²) in [4.78, 5) is 0.0395. The quantitative estimate of drug-likeness (QED) is 0.219. The molecule has 0 amide bonds. The van der Waals surface area contributed by atoms with Crippen LogP contribution in [0.15, 0.2) is 29.2 Å². The number of hydrogen-bond acceptors (Lipinski definition) is 7. The van der Waals surface area contributed by atoms with Crippen molar-refractivity contribution in [2.24, 2.45) is 0 Å². The summed E-state index contributed by atoms with van der Waals surface area (Å²) >= 11 is 0. The molecule has 0 saturated carbocycles. The topological polar surface area (TPSA) is 102 Å². The summed E-state index contributed by atoms with van der Waals surface area (Å²) in [7, 11) is -5.34. The SMILES string of the molecule is Cc1ccc(S(=O)(=O)OC[C@H](O)COCCOC[C@H](O)CC#C[Si](C)(C)C)cc1. The molecule has 0 unspecified atom stereocenters. The van der Waals surface area contributed by atoms with Crippen molar-refractivity contribution < 1.29 is 32.3 Å². The predicted molar refractivity (Wildman–Crippen MR) is 114 cm³/mol. The Morgan fingerprint density at radius 3 is 2.07 bits per heavy atom. The summed E-state index contributed by atoms with van der Waals surface area (Å²) in [5.74, 6) is 2.99. The van der Waals surface area contributed by atoms with Gasteiger partial charge in [-0.1, -0.05) is 37.3 Å². The summed E-state index contributed by atoms with van der Waals surface area (Å²) in [6, 6.07) is 6.25. The molecule has 0 saturated heterocycles. The zero-order valence-electron chi connectivity index (χ0n) is 17.6. The van der Waals surface area contributed by atoms with Crippen LogP contribution in [0.2, 0.25) is 19.6 Å². The van der Waals surface area contributed by atoms with Crippen molar-refractivity contribution in [3.05, 3.63) is 29.8 Å². The molecule has 0 aliphatic carbocycles. The molecule has 9 heteroatoms. The Morgan fingerprint density at radius 1 is 0.966 bits per heavy atom. The summed E-state index contributed by atoms with van der Waals surface area (Å²) in [5.41, 5.74) is 4.11. The molecule has 1 aromatic rings. The monoisotopic (exact) mass is 444 g/mol. The van der Waals surface area contributed by atoms with E-state index in [1.54, 1.807) is 12.1 Å². The highest BCUT2D eigenvalue weighted by atomic mass is 32.2. The fourth-order valence-electron chi connectivity index (χ4n) is 2.04. The Bertz CT molecular complexity index is 761. The predicted octanol–water partition coefficient (Wildman–Crippen LogP) is 1.73. The normalized spacial score (nSPS) is 14.1. The smallest absolute Gasteiger partial charge is 0.297 e. The van der Waals surface area contributed by atoms with Crippen LogP contribution in [0.25, 0.3) is 0 Å². The first kappa shape index (κ1) is 25.8. The Balaban J connectivity index is 2.15. The second kappa shape index (κ2) is 12.4. The van der Waals surface area contributed by atoms with Gasteiger partial charge in [-0.05, 0) is 19.1 Å². The van der Waals surface area contributed by atoms with Crippen molar-refractivity contribution >= 4 is 18.2 Å². The van der Waals surface area contributed by atoms with E-state index in [0.717, 1.165) is 5.56 Å². The molecular formula is C20H32O7SSi. The first-order valence-electron chi connectivity index (χ1n) is 9.47. The van der Waals surface area contributed by atoms with Gasteiger partial charge < -0.3 is 19.7 Å². The van der Waals surface area contributed by atoms with Gasteiger partial charge >= 0.3 is 0 Å². The summed E-state index contributed by atoms with van der Waals surface area (Å²) in [6.45, 7) is 8.38. The lowest BCUT2D eigenvalue weighted by molar-refractivity contribution is -0.0240. The number of aliphatic hydroxyl groups is 2. The summed E-state index contributed by atoms with van der Waals surface area (Å²) < 4.78 is 39.5. The molecule has 0 aliphatic rings. The number of hydrogen-bond donors (Lipinski definition) is 2. The van der Waals surface area contributed by atoms with Gasteiger partial charge in [0.25, 0.3) is 10.1 Å². The Kier molecular flexibility index (Phi) is 11.1. The summed E-state index contributed by atoms with van der Waals surface area (Å²) in [5, 5.41) is 19.6. The van der Waals surface area contributed by atoms with E-state index in [-0.39, 0.29) is 31.3 Å². The van der Waals surface area contributed by atoms with Crippen LogP contribution in [0.5, 0.6) is 0 Å². The Hall–Kier alpha value is -1.25. The maximum atomic E-state index is 12.0. The molecule has 0 aromatic heterocycles. The van der Waals surface area contributed by atoms with Crippen LogP contribution in [0, 0.1) is 18.4 Å². The zero-order valence-corrected chi connectivity index (χ0v) is 19.4. The van der Waals surface area contributed by atoms with Crippen LogP contribution in [0.3, 0.4) is 0 Å². The van der Waals surface area contributed by atoms with E-state index in [1.165, 1.54) is 12.1 Å². The largest absolute Gasteiger partial charge is 0.390 e. The van der Waals surface area contributed by atoms with Crippen molar-refractivity contribution in [2.75, 3.05) is 33.0 Å². The van der Waals surface area contributed by atoms with Crippen LogP contribution in [-0.2, 0) is 23.8 Å². The third-order valence-corrected chi connectivity index (χ3v) is 5.74. The van der Waals surface area contributed by atoms with Crippen molar-refractivity contribution in [3.63, 3.8) is 0 Å². The first-order chi connectivity index (χ1) is 13.5. The number of ether oxygens (including phenoxy) is 2. The van der Waals surface area contributed by atoms with E-state index >= 15 is 0 Å². The van der Waals surface area contributed by atoms with Gasteiger partial charge in [-0.15, -0.1) is 11.5 Å². The van der Waals surface area contributed by atoms with E-state index < -0.39 is 37.0 Å². The molecule has 2 N–H and O–H groups in total. The molecule has 0 bridgehead atoms. The molecule has 7 nitrogen and oxygen atoms in total. The second-order valence-electron chi connectivity index (χ2n) is 7.77. The van der Waals surface area contributed by atoms with Crippen molar-refractivity contribution in [1.82, 2.24) is 0 Å². The van der Waals surface area contributed by atoms with E-state index in [0.29, 0.717) is 6.42 Å². The lowest BCUT2D eigenvalue weighted by atomic mass is 10.2. The maximum absolute atomic E-state index is 12.0. The van der Waals surface area contributed by atoms with Crippen molar-refractivity contribution in [3.8, 4) is 11.5 Å². The van der Waals surface area contributed by atoms with Gasteiger partial charge in [0.2, 0.25) is 0 Å². The number of aliphatic hydroxyl groups excluding tert-OH is 2. The highest BCUT2D eigenvalue weighted by Gasteiger charge is 2.17. The Labute approximate surface area is 175 Å². The molecule has 0 aliphatic heterocycles. The minimum atomic E-state index is -3.91. The zero-order chi connectivity index (χ0) is 21.9. The number of aryl methyl sites for hydroxylation is 1. The molecule has 0 radical (unpaired) electrons. The van der Waals surface area contributed by atoms with Gasteiger partial charge in [0.15, 0.2) is 0 Å². The van der Waals surface area contributed by atoms with E-state index in [9.17, 15) is 18.6 Å². The molecule has 0 spiro atoms. The van der Waals surface area contributed by atoms with Gasteiger partial charge in [-0.25, -0.2) is 0 Å². The lowest BCUT2D eigenvalue weighted by Crippen LogP contribution is -2.25. The molecule has 0 fully saturated rings. The molecule has 0 heterocycles. The number of benzene rings is 1. The van der Waals surface area contributed by atoms with E-state index in [4.69, 9.17) is 13.7 Å². The van der Waals surface area contributed by atoms with Crippen LogP contribution in [-0.4, -0.2) is 71.9 Å². The second-order valence-corrected chi connectivity index (χ2v) is 14.1. The fourth-order valence-corrected chi connectivity index (χ4v) is 3.61. The maximum Gasteiger partial charge on any atom is 0.297 e. The highest BCUT2D eigenvalue weighted by Crippen LogP contribution is 2.13. The molecular weight excluding hydrogens is 412 g/mol. The van der Waals surface area contributed by atoms with Gasteiger partial charge in [0.05, 0.1) is 44.0 Å². The lowest BCUT2D eigenvalue weighted by Gasteiger charge is -2.13. The minimum absolute atomic E-state index is 0.0395. The molecule has 164 valence electrons. The first-order valence-corrected chi connectivity index (χ1v) is 14.4. The number of rotatable bonds is 12. The summed E-state index contributed by atoms with van der Waals surface area (Å²) in [6.07, 6.45) is -1.36. The Morgan fingerprint density at radius 2 is 1.52 bits per heavy atom. The van der Waals surface area contributed by atoms with Crippen LogP contribution in [0.1, 0.15) is 12.0 Å². The average molecular weight is 445 g/mol. The molecule has 2 atom stereocenters. The van der Waals surface area contributed by atoms with Crippen LogP contribution < -0.4 is 0 Å². The third kappa shape index (κ3) is 12.1.